The third-order valence-corrected chi connectivity index (χ3v) is 4.45. The number of carbonyl (C=O) groups excluding carboxylic acids is 2. The summed E-state index contributed by atoms with van der Waals surface area (Å²) in [4.78, 5) is 25.5. The molecule has 0 unspecified atom stereocenters. The first kappa shape index (κ1) is 17.8. The van der Waals surface area contributed by atoms with Gasteiger partial charge in [0.25, 0.3) is 0 Å². The van der Waals surface area contributed by atoms with E-state index in [-0.39, 0.29) is 30.8 Å². The largest absolute Gasteiger partial charge is 0.387 e. The molecule has 6 heteroatoms. The number of nitrogens with one attached hydrogen (secondary N) is 1. The number of benzene rings is 1. The molecule has 0 spiro atoms. The minimum atomic E-state index is -0.772. The maximum absolute atomic E-state index is 12.1. The van der Waals surface area contributed by atoms with E-state index in [0.29, 0.717) is 10.6 Å². The van der Waals surface area contributed by atoms with Crippen molar-refractivity contribution in [2.24, 2.45) is 0 Å². The molecule has 0 aliphatic carbocycles. The molecule has 2 N–H and O–H groups in total. The summed E-state index contributed by atoms with van der Waals surface area (Å²) >= 11 is 5.81. The van der Waals surface area contributed by atoms with Crippen LogP contribution in [0.1, 0.15) is 44.3 Å². The molecule has 23 heavy (non-hydrogen) atoms. The van der Waals surface area contributed by atoms with Gasteiger partial charge in [-0.2, -0.15) is 0 Å². The molecule has 2 amide bonds. The lowest BCUT2D eigenvalue weighted by Gasteiger charge is -2.34. The zero-order valence-electron chi connectivity index (χ0n) is 13.3. The van der Waals surface area contributed by atoms with Crippen LogP contribution in [0.4, 0.5) is 0 Å². The fourth-order valence-electron chi connectivity index (χ4n) is 2.93. The number of hydrogen-bond acceptors (Lipinski definition) is 3. The molecular formula is C17H23ClN2O3. The van der Waals surface area contributed by atoms with Crippen LogP contribution in [0, 0.1) is 0 Å². The Morgan fingerprint density at radius 3 is 2.70 bits per heavy atom. The molecule has 126 valence electrons. The van der Waals surface area contributed by atoms with Crippen molar-refractivity contribution in [3.8, 4) is 0 Å². The molecule has 0 radical (unpaired) electrons. The van der Waals surface area contributed by atoms with Gasteiger partial charge in [0.05, 0.1) is 6.10 Å². The molecule has 5 nitrogen and oxygen atoms in total. The molecule has 0 bridgehead atoms. The number of likely N-dealkylation sites (tertiary alicyclic amines) is 1. The van der Waals surface area contributed by atoms with Crippen molar-refractivity contribution in [1.29, 1.82) is 0 Å². The van der Waals surface area contributed by atoms with E-state index in [0.717, 1.165) is 25.8 Å². The molecule has 1 aliphatic rings. The maximum atomic E-state index is 12.1. The predicted molar refractivity (Wildman–Crippen MR) is 89.1 cm³/mol. The van der Waals surface area contributed by atoms with E-state index in [9.17, 15) is 14.7 Å². The van der Waals surface area contributed by atoms with Crippen molar-refractivity contribution in [1.82, 2.24) is 10.2 Å². The van der Waals surface area contributed by atoms with Gasteiger partial charge in [0, 0.05) is 37.5 Å². The van der Waals surface area contributed by atoms with E-state index in [1.54, 1.807) is 36.1 Å². The van der Waals surface area contributed by atoms with Crippen molar-refractivity contribution in [3.05, 3.63) is 34.9 Å². The molecule has 1 fully saturated rings. The van der Waals surface area contributed by atoms with Gasteiger partial charge in [-0.1, -0.05) is 23.7 Å². The highest BCUT2D eigenvalue weighted by Gasteiger charge is 2.26. The van der Waals surface area contributed by atoms with E-state index in [1.807, 2.05) is 0 Å². The maximum Gasteiger partial charge on any atom is 0.222 e. The fourth-order valence-corrected chi connectivity index (χ4v) is 3.05. The normalized spacial score (nSPS) is 19.3. The Labute approximate surface area is 141 Å². The molecule has 2 atom stereocenters. The van der Waals surface area contributed by atoms with Gasteiger partial charge in [0.2, 0.25) is 11.8 Å². The molecule has 2 rings (SSSR count). The Balaban J connectivity index is 1.82. The predicted octanol–water partition coefficient (Wildman–Crippen LogP) is 2.28. The van der Waals surface area contributed by atoms with Crippen molar-refractivity contribution in [2.75, 3.05) is 13.1 Å². The second kappa shape index (κ2) is 8.31. The van der Waals surface area contributed by atoms with E-state index in [2.05, 4.69) is 5.32 Å². The molecule has 0 aromatic heterocycles. The van der Waals surface area contributed by atoms with Crippen LogP contribution in [0.5, 0.6) is 0 Å². The Bertz CT molecular complexity index is 547. The Morgan fingerprint density at radius 2 is 2.04 bits per heavy atom. The van der Waals surface area contributed by atoms with Crippen LogP contribution >= 0.6 is 11.6 Å². The second-order valence-electron chi connectivity index (χ2n) is 5.94. The molecule has 1 aliphatic heterocycles. The van der Waals surface area contributed by atoms with Gasteiger partial charge < -0.3 is 15.3 Å². The van der Waals surface area contributed by atoms with E-state index in [1.165, 1.54) is 0 Å². The topological polar surface area (TPSA) is 69.6 Å². The Kier molecular flexibility index (Phi) is 6.42. The third-order valence-electron chi connectivity index (χ3n) is 4.20. The molecule has 1 saturated heterocycles. The van der Waals surface area contributed by atoms with Gasteiger partial charge in [-0.15, -0.1) is 0 Å². The lowest BCUT2D eigenvalue weighted by molar-refractivity contribution is -0.134. The van der Waals surface area contributed by atoms with Crippen molar-refractivity contribution >= 4 is 23.4 Å². The highest BCUT2D eigenvalue weighted by molar-refractivity contribution is 6.30. The molecule has 1 heterocycles. The summed E-state index contributed by atoms with van der Waals surface area (Å²) in [6.07, 6.45) is 2.40. The van der Waals surface area contributed by atoms with Gasteiger partial charge in [-0.05, 0) is 37.0 Å². The SMILES string of the molecule is CC(=O)N1CCCC[C@H]1CC(=O)NC[C@H](O)c1ccc(Cl)cc1. The number of aliphatic hydroxyl groups excluding tert-OH is 1. The zero-order chi connectivity index (χ0) is 16.8. The van der Waals surface area contributed by atoms with E-state index < -0.39 is 6.10 Å². The number of nitrogens with zero attached hydrogens (tertiary/aromatic N) is 1. The van der Waals surface area contributed by atoms with Gasteiger partial charge in [0.15, 0.2) is 0 Å². The van der Waals surface area contributed by atoms with Crippen molar-refractivity contribution < 1.29 is 14.7 Å². The number of halogens is 1. The first-order chi connectivity index (χ1) is 11.0. The molecule has 1 aromatic carbocycles. The first-order valence-electron chi connectivity index (χ1n) is 7.95. The first-order valence-corrected chi connectivity index (χ1v) is 8.32. The number of rotatable bonds is 5. The summed E-state index contributed by atoms with van der Waals surface area (Å²) in [5.74, 6) is -0.125. The highest BCUT2D eigenvalue weighted by atomic mass is 35.5. The monoisotopic (exact) mass is 338 g/mol. The minimum absolute atomic E-state index is 0.0173. The second-order valence-corrected chi connectivity index (χ2v) is 6.37. The smallest absolute Gasteiger partial charge is 0.222 e. The van der Waals surface area contributed by atoms with Crippen LogP contribution in [0.3, 0.4) is 0 Å². The summed E-state index contributed by atoms with van der Waals surface area (Å²) in [6, 6.07) is 6.84. The third kappa shape index (κ3) is 5.22. The lowest BCUT2D eigenvalue weighted by Crippen LogP contribution is -2.45. The van der Waals surface area contributed by atoms with Crippen molar-refractivity contribution in [3.63, 3.8) is 0 Å². The number of hydrogen-bond donors (Lipinski definition) is 2. The number of carbonyl (C=O) groups is 2. The summed E-state index contributed by atoms with van der Waals surface area (Å²) in [6.45, 7) is 2.41. The summed E-state index contributed by atoms with van der Waals surface area (Å²) in [5, 5.41) is 13.4. The van der Waals surface area contributed by atoms with Gasteiger partial charge >= 0.3 is 0 Å². The zero-order valence-corrected chi connectivity index (χ0v) is 14.1. The lowest BCUT2D eigenvalue weighted by atomic mass is 9.99. The van der Waals surface area contributed by atoms with Crippen LogP contribution in [0.15, 0.2) is 24.3 Å². The van der Waals surface area contributed by atoms with Crippen LogP contribution in [-0.2, 0) is 9.59 Å². The summed E-state index contributed by atoms with van der Waals surface area (Å²) < 4.78 is 0. The molecular weight excluding hydrogens is 316 g/mol. The van der Waals surface area contributed by atoms with Gasteiger partial charge in [-0.25, -0.2) is 0 Å². The van der Waals surface area contributed by atoms with E-state index in [4.69, 9.17) is 11.6 Å². The summed E-state index contributed by atoms with van der Waals surface area (Å²) in [5.41, 5.74) is 0.706. The van der Waals surface area contributed by atoms with Crippen LogP contribution in [-0.4, -0.2) is 41.0 Å². The number of amides is 2. The average molecular weight is 339 g/mol. The van der Waals surface area contributed by atoms with E-state index >= 15 is 0 Å². The fraction of sp³-hybridized carbons (Fsp3) is 0.529. The molecule has 1 aromatic rings. The quantitative estimate of drug-likeness (QED) is 0.865. The van der Waals surface area contributed by atoms with Gasteiger partial charge in [0.1, 0.15) is 0 Å². The highest BCUT2D eigenvalue weighted by Crippen LogP contribution is 2.20. The minimum Gasteiger partial charge on any atom is -0.387 e. The van der Waals surface area contributed by atoms with Gasteiger partial charge in [-0.3, -0.25) is 9.59 Å². The number of piperidine rings is 1. The average Bonchev–Trinajstić information content (AvgIpc) is 2.53. The number of aliphatic hydroxyl groups is 1. The molecule has 0 saturated carbocycles. The Morgan fingerprint density at radius 1 is 1.35 bits per heavy atom. The standard InChI is InChI=1S/C17H23ClN2O3/c1-12(21)20-9-3-2-4-15(20)10-17(23)19-11-16(22)13-5-7-14(18)8-6-13/h5-8,15-16,22H,2-4,9-11H2,1H3,(H,19,23)/t15-,16-/m0/s1. The van der Waals surface area contributed by atoms with Crippen molar-refractivity contribution in [2.45, 2.75) is 44.8 Å². The van der Waals surface area contributed by atoms with Crippen LogP contribution in [0.25, 0.3) is 0 Å². The van der Waals surface area contributed by atoms with Crippen LogP contribution < -0.4 is 5.32 Å². The summed E-state index contributed by atoms with van der Waals surface area (Å²) in [7, 11) is 0. The Hall–Kier alpha value is -1.59. The van der Waals surface area contributed by atoms with Crippen LogP contribution in [0.2, 0.25) is 5.02 Å².